The molecule has 1 fully saturated rings. The Hall–Kier alpha value is -2.12. The third kappa shape index (κ3) is 4.11. The molecule has 134 valence electrons. The molecule has 1 amide bonds. The predicted octanol–water partition coefficient (Wildman–Crippen LogP) is 2.74. The summed E-state index contributed by atoms with van der Waals surface area (Å²) in [6, 6.07) is 7.35. The molecule has 6 nitrogen and oxygen atoms in total. The Bertz CT molecular complexity index is 768. The lowest BCUT2D eigenvalue weighted by Crippen LogP contribution is -2.46. The van der Waals surface area contributed by atoms with Crippen molar-refractivity contribution >= 4 is 39.0 Å². The molecule has 3 rings (SSSR count). The van der Waals surface area contributed by atoms with E-state index in [4.69, 9.17) is 9.47 Å². The quantitative estimate of drug-likeness (QED) is 0.829. The standard InChI is InChI=1S/C18H22N2O4S/c1-3-24-18(22)16-11-13-10-14(4-5-15(13)25-16)19-12(2)17(21)20-6-8-23-9-7-20/h4-5,10-12,19H,3,6-9H2,1-2H3/t12-/m1/s1. The van der Waals surface area contributed by atoms with Crippen LogP contribution in [0.15, 0.2) is 24.3 Å². The molecule has 0 saturated carbocycles. The zero-order valence-corrected chi connectivity index (χ0v) is 15.2. The molecule has 0 bridgehead atoms. The molecule has 0 radical (unpaired) electrons. The highest BCUT2D eigenvalue weighted by atomic mass is 32.1. The average Bonchev–Trinajstić information content (AvgIpc) is 3.05. The number of fused-ring (bicyclic) bond motifs is 1. The SMILES string of the molecule is CCOC(=O)c1cc2cc(N[C@H](C)C(=O)N3CCOCC3)ccc2s1. The van der Waals surface area contributed by atoms with Crippen molar-refractivity contribution in [3.05, 3.63) is 29.1 Å². The summed E-state index contributed by atoms with van der Waals surface area (Å²) < 4.78 is 11.3. The van der Waals surface area contributed by atoms with E-state index in [0.29, 0.717) is 37.8 Å². The third-order valence-corrected chi connectivity index (χ3v) is 5.17. The van der Waals surface area contributed by atoms with Gasteiger partial charge in [0.15, 0.2) is 0 Å². The molecule has 1 aliphatic heterocycles. The Labute approximate surface area is 150 Å². The lowest BCUT2D eigenvalue weighted by molar-refractivity contribution is -0.135. The van der Waals surface area contributed by atoms with Gasteiger partial charge in [0.05, 0.1) is 19.8 Å². The summed E-state index contributed by atoms with van der Waals surface area (Å²) in [5.41, 5.74) is 0.856. The monoisotopic (exact) mass is 362 g/mol. The number of carbonyl (C=O) groups is 2. The summed E-state index contributed by atoms with van der Waals surface area (Å²) in [5, 5.41) is 4.21. The molecule has 1 atom stereocenters. The summed E-state index contributed by atoms with van der Waals surface area (Å²) in [4.78, 5) is 26.7. The molecule has 25 heavy (non-hydrogen) atoms. The van der Waals surface area contributed by atoms with E-state index in [2.05, 4.69) is 5.32 Å². The molecule has 1 aromatic heterocycles. The second-order valence-electron chi connectivity index (χ2n) is 5.89. The van der Waals surface area contributed by atoms with E-state index in [-0.39, 0.29) is 17.9 Å². The molecular weight excluding hydrogens is 340 g/mol. The minimum absolute atomic E-state index is 0.0703. The van der Waals surface area contributed by atoms with E-state index >= 15 is 0 Å². The molecule has 2 heterocycles. The van der Waals surface area contributed by atoms with E-state index in [0.717, 1.165) is 15.8 Å². The van der Waals surface area contributed by atoms with Crippen LogP contribution in [0.25, 0.3) is 10.1 Å². The minimum atomic E-state index is -0.321. The number of rotatable bonds is 5. The molecule has 1 N–H and O–H groups in total. The lowest BCUT2D eigenvalue weighted by atomic mass is 10.2. The van der Waals surface area contributed by atoms with Crippen LogP contribution in [0.4, 0.5) is 5.69 Å². The number of nitrogens with zero attached hydrogens (tertiary/aromatic N) is 1. The normalized spacial score (nSPS) is 15.8. The van der Waals surface area contributed by atoms with Gasteiger partial charge in [-0.15, -0.1) is 11.3 Å². The average molecular weight is 362 g/mol. The fraction of sp³-hybridized carbons (Fsp3) is 0.444. The molecule has 1 saturated heterocycles. The summed E-state index contributed by atoms with van der Waals surface area (Å²) in [6.45, 7) is 6.47. The number of esters is 1. The highest BCUT2D eigenvalue weighted by Gasteiger charge is 2.22. The molecular formula is C18H22N2O4S. The smallest absolute Gasteiger partial charge is 0.348 e. The van der Waals surface area contributed by atoms with Crippen LogP contribution >= 0.6 is 11.3 Å². The lowest BCUT2D eigenvalue weighted by Gasteiger charge is -2.29. The van der Waals surface area contributed by atoms with Crippen molar-refractivity contribution in [3.63, 3.8) is 0 Å². The number of anilines is 1. The van der Waals surface area contributed by atoms with Gasteiger partial charge in [-0.2, -0.15) is 0 Å². The Kier molecular flexibility index (Phi) is 5.55. The number of ether oxygens (including phenoxy) is 2. The number of carbonyl (C=O) groups excluding carboxylic acids is 2. The van der Waals surface area contributed by atoms with Crippen LogP contribution in [0.2, 0.25) is 0 Å². The molecule has 1 aromatic carbocycles. The van der Waals surface area contributed by atoms with Crippen LogP contribution in [0.1, 0.15) is 23.5 Å². The van der Waals surface area contributed by atoms with Crippen molar-refractivity contribution in [2.45, 2.75) is 19.9 Å². The van der Waals surface area contributed by atoms with Crippen LogP contribution in [0.5, 0.6) is 0 Å². The maximum atomic E-state index is 12.5. The number of nitrogens with one attached hydrogen (secondary N) is 1. The highest BCUT2D eigenvalue weighted by Crippen LogP contribution is 2.29. The van der Waals surface area contributed by atoms with Crippen molar-refractivity contribution in [3.8, 4) is 0 Å². The first-order valence-electron chi connectivity index (χ1n) is 8.42. The van der Waals surface area contributed by atoms with Gasteiger partial charge < -0.3 is 19.7 Å². The maximum Gasteiger partial charge on any atom is 0.348 e. The summed E-state index contributed by atoms with van der Waals surface area (Å²) in [7, 11) is 0. The van der Waals surface area contributed by atoms with Crippen LogP contribution in [-0.2, 0) is 14.3 Å². The second-order valence-corrected chi connectivity index (χ2v) is 6.97. The Morgan fingerprint density at radius 3 is 2.80 bits per heavy atom. The van der Waals surface area contributed by atoms with E-state index in [1.807, 2.05) is 36.1 Å². The van der Waals surface area contributed by atoms with Crippen LogP contribution in [0, 0.1) is 0 Å². The van der Waals surface area contributed by atoms with Gasteiger partial charge in [-0.25, -0.2) is 4.79 Å². The third-order valence-electron chi connectivity index (χ3n) is 4.07. The molecule has 1 aliphatic rings. The van der Waals surface area contributed by atoms with Crippen molar-refractivity contribution in [2.24, 2.45) is 0 Å². The summed E-state index contributed by atoms with van der Waals surface area (Å²) in [5.74, 6) is -0.227. The van der Waals surface area contributed by atoms with Crippen LogP contribution in [0.3, 0.4) is 0 Å². The van der Waals surface area contributed by atoms with E-state index in [1.54, 1.807) is 6.92 Å². The first-order chi connectivity index (χ1) is 12.1. The Morgan fingerprint density at radius 1 is 1.32 bits per heavy atom. The van der Waals surface area contributed by atoms with Gasteiger partial charge in [-0.05, 0) is 43.5 Å². The Balaban J connectivity index is 1.70. The molecule has 7 heteroatoms. The zero-order chi connectivity index (χ0) is 17.8. The number of hydrogen-bond acceptors (Lipinski definition) is 6. The van der Waals surface area contributed by atoms with Gasteiger partial charge in [0.1, 0.15) is 10.9 Å². The fourth-order valence-electron chi connectivity index (χ4n) is 2.81. The zero-order valence-electron chi connectivity index (χ0n) is 14.4. The van der Waals surface area contributed by atoms with E-state index < -0.39 is 0 Å². The van der Waals surface area contributed by atoms with Gasteiger partial charge in [0, 0.05) is 23.5 Å². The maximum absolute atomic E-state index is 12.5. The highest BCUT2D eigenvalue weighted by molar-refractivity contribution is 7.20. The van der Waals surface area contributed by atoms with Crippen molar-refractivity contribution in [2.75, 3.05) is 38.2 Å². The van der Waals surface area contributed by atoms with Gasteiger partial charge in [0.25, 0.3) is 0 Å². The Morgan fingerprint density at radius 2 is 2.08 bits per heavy atom. The first kappa shape index (κ1) is 17.7. The molecule has 0 unspecified atom stereocenters. The van der Waals surface area contributed by atoms with Crippen molar-refractivity contribution in [1.82, 2.24) is 4.90 Å². The summed E-state index contributed by atoms with van der Waals surface area (Å²) >= 11 is 1.41. The molecule has 2 aromatic rings. The van der Waals surface area contributed by atoms with Gasteiger partial charge in [-0.1, -0.05) is 0 Å². The number of morpholine rings is 1. The van der Waals surface area contributed by atoms with Gasteiger partial charge >= 0.3 is 5.97 Å². The van der Waals surface area contributed by atoms with E-state index in [9.17, 15) is 9.59 Å². The van der Waals surface area contributed by atoms with Gasteiger partial charge in [0.2, 0.25) is 5.91 Å². The minimum Gasteiger partial charge on any atom is -0.462 e. The summed E-state index contributed by atoms with van der Waals surface area (Å²) in [6.07, 6.45) is 0. The first-order valence-corrected chi connectivity index (χ1v) is 9.24. The number of benzene rings is 1. The van der Waals surface area contributed by atoms with E-state index in [1.165, 1.54) is 11.3 Å². The topological polar surface area (TPSA) is 67.9 Å². The number of amides is 1. The van der Waals surface area contributed by atoms with Crippen molar-refractivity contribution < 1.29 is 19.1 Å². The van der Waals surface area contributed by atoms with Crippen molar-refractivity contribution in [1.29, 1.82) is 0 Å². The largest absolute Gasteiger partial charge is 0.462 e. The van der Waals surface area contributed by atoms with Crippen LogP contribution < -0.4 is 5.32 Å². The molecule has 0 aliphatic carbocycles. The predicted molar refractivity (Wildman–Crippen MR) is 98.3 cm³/mol. The number of thiophene rings is 1. The second kappa shape index (κ2) is 7.84. The fourth-order valence-corrected chi connectivity index (χ4v) is 3.74. The van der Waals surface area contributed by atoms with Crippen LogP contribution in [-0.4, -0.2) is 55.7 Å². The molecule has 0 spiro atoms. The number of hydrogen-bond donors (Lipinski definition) is 1. The van der Waals surface area contributed by atoms with Gasteiger partial charge in [-0.3, -0.25) is 4.79 Å².